The number of carbonyl (C=O) groups is 2. The van der Waals surface area contributed by atoms with Gasteiger partial charge in [-0.15, -0.1) is 0 Å². The van der Waals surface area contributed by atoms with Crippen molar-refractivity contribution in [3.8, 4) is 0 Å². The fourth-order valence-corrected chi connectivity index (χ4v) is 2.24. The molecule has 0 aliphatic heterocycles. The zero-order valence-corrected chi connectivity index (χ0v) is 12.7. The third kappa shape index (κ3) is 7.15. The van der Waals surface area contributed by atoms with Gasteiger partial charge in [-0.25, -0.2) is 0 Å². The van der Waals surface area contributed by atoms with Crippen LogP contribution in [0.25, 0.3) is 0 Å². The van der Waals surface area contributed by atoms with Gasteiger partial charge in [-0.05, 0) is 40.3 Å². The van der Waals surface area contributed by atoms with Crippen LogP contribution in [0.4, 0.5) is 0 Å². The van der Waals surface area contributed by atoms with Crippen LogP contribution < -0.4 is 0 Å². The molecule has 0 aromatic rings. The lowest BCUT2D eigenvalue weighted by molar-refractivity contribution is -0.138. The maximum atomic E-state index is 11.8. The van der Waals surface area contributed by atoms with Crippen LogP contribution in [-0.2, 0) is 9.59 Å². The van der Waals surface area contributed by atoms with Crippen LogP contribution in [0.1, 0.15) is 47.0 Å². The first kappa shape index (κ1) is 17.9. The van der Waals surface area contributed by atoms with Crippen LogP contribution in [0.3, 0.4) is 0 Å². The summed E-state index contributed by atoms with van der Waals surface area (Å²) in [5.74, 6) is -0.586. The van der Waals surface area contributed by atoms with Crippen molar-refractivity contribution in [1.82, 2.24) is 9.80 Å². The molecule has 0 radical (unpaired) electrons. The van der Waals surface area contributed by atoms with Crippen LogP contribution in [0, 0.1) is 0 Å². The zero-order valence-electron chi connectivity index (χ0n) is 12.7. The molecule has 0 heterocycles. The lowest BCUT2D eigenvalue weighted by atomic mass is 10.1. The summed E-state index contributed by atoms with van der Waals surface area (Å²) in [5.41, 5.74) is 0. The normalized spacial score (nSPS) is 12.5. The monoisotopic (exact) mass is 272 g/mol. The number of aliphatic carboxylic acids is 1. The molecular weight excluding hydrogens is 244 g/mol. The van der Waals surface area contributed by atoms with E-state index in [1.807, 2.05) is 32.6 Å². The molecule has 0 aromatic heterocycles. The Hall–Kier alpha value is -1.10. The van der Waals surface area contributed by atoms with Crippen molar-refractivity contribution in [2.75, 3.05) is 26.2 Å². The first-order valence-electron chi connectivity index (χ1n) is 7.19. The minimum Gasteiger partial charge on any atom is -0.481 e. The van der Waals surface area contributed by atoms with E-state index in [9.17, 15) is 9.59 Å². The molecule has 1 amide bonds. The summed E-state index contributed by atoms with van der Waals surface area (Å²) in [6.45, 7) is 11.0. The summed E-state index contributed by atoms with van der Waals surface area (Å²) in [6.07, 6.45) is 1.48. The predicted molar refractivity (Wildman–Crippen MR) is 76.1 cm³/mol. The maximum Gasteiger partial charge on any atom is 0.304 e. The molecule has 0 bridgehead atoms. The van der Waals surface area contributed by atoms with Crippen molar-refractivity contribution >= 4 is 11.9 Å². The van der Waals surface area contributed by atoms with Gasteiger partial charge in [0.15, 0.2) is 0 Å². The Morgan fingerprint density at radius 2 is 1.68 bits per heavy atom. The highest BCUT2D eigenvalue weighted by Gasteiger charge is 2.16. The molecule has 0 spiro atoms. The molecule has 1 unspecified atom stereocenters. The minimum absolute atomic E-state index is 0.0195. The van der Waals surface area contributed by atoms with Gasteiger partial charge in [-0.3, -0.25) is 9.59 Å². The van der Waals surface area contributed by atoms with Crippen molar-refractivity contribution < 1.29 is 14.7 Å². The quantitative estimate of drug-likeness (QED) is 0.659. The van der Waals surface area contributed by atoms with Crippen molar-refractivity contribution in [3.05, 3.63) is 0 Å². The van der Waals surface area contributed by atoms with Crippen molar-refractivity contribution in [2.24, 2.45) is 0 Å². The smallest absolute Gasteiger partial charge is 0.304 e. The van der Waals surface area contributed by atoms with Gasteiger partial charge in [0.2, 0.25) is 5.91 Å². The summed E-state index contributed by atoms with van der Waals surface area (Å²) in [6, 6.07) is 0.0195. The van der Waals surface area contributed by atoms with Gasteiger partial charge in [-0.1, -0.05) is 6.92 Å². The zero-order chi connectivity index (χ0) is 14.8. The number of rotatable bonds is 10. The molecular formula is C14H28N2O3. The second-order valence-corrected chi connectivity index (χ2v) is 4.75. The fourth-order valence-electron chi connectivity index (χ4n) is 2.24. The number of carboxylic acid groups (broad SMARTS) is 1. The molecule has 5 heteroatoms. The summed E-state index contributed by atoms with van der Waals surface area (Å²) < 4.78 is 0. The van der Waals surface area contributed by atoms with E-state index in [-0.39, 0.29) is 18.4 Å². The number of nitrogens with zero attached hydrogens (tertiary/aromatic N) is 2. The topological polar surface area (TPSA) is 60.9 Å². The lowest BCUT2D eigenvalue weighted by Gasteiger charge is -2.27. The highest BCUT2D eigenvalue weighted by molar-refractivity contribution is 5.76. The number of amides is 1. The predicted octanol–water partition coefficient (Wildman–Crippen LogP) is 1.82. The molecule has 19 heavy (non-hydrogen) atoms. The molecule has 0 saturated heterocycles. The van der Waals surface area contributed by atoms with E-state index in [4.69, 9.17) is 5.11 Å². The van der Waals surface area contributed by atoms with Crippen LogP contribution in [-0.4, -0.2) is 59.0 Å². The second kappa shape index (κ2) is 9.78. The Morgan fingerprint density at radius 3 is 2.11 bits per heavy atom. The Kier molecular flexibility index (Phi) is 9.21. The highest BCUT2D eigenvalue weighted by atomic mass is 16.4. The largest absolute Gasteiger partial charge is 0.481 e. The fraction of sp³-hybridized carbons (Fsp3) is 0.857. The van der Waals surface area contributed by atoms with Gasteiger partial charge in [0, 0.05) is 25.6 Å². The lowest BCUT2D eigenvalue weighted by Crippen LogP contribution is -2.36. The standard InChI is InChI=1S/C14H28N2O3/c1-5-15(6-2)13(17)9-8-10-16(7-3)12(4)11-14(18)19/h12H,5-11H2,1-4H3,(H,18,19). The number of carboxylic acids is 1. The van der Waals surface area contributed by atoms with Gasteiger partial charge in [0.05, 0.1) is 6.42 Å². The number of hydrogen-bond donors (Lipinski definition) is 1. The van der Waals surface area contributed by atoms with Crippen LogP contribution in [0.5, 0.6) is 0 Å². The van der Waals surface area contributed by atoms with Gasteiger partial charge >= 0.3 is 5.97 Å². The third-order valence-corrected chi connectivity index (χ3v) is 3.45. The SMILES string of the molecule is CCN(CC)C(=O)CCCN(CC)C(C)CC(=O)O. The Morgan fingerprint density at radius 1 is 1.11 bits per heavy atom. The van der Waals surface area contributed by atoms with E-state index in [0.29, 0.717) is 6.42 Å². The average Bonchev–Trinajstić information content (AvgIpc) is 2.35. The molecule has 0 aromatic carbocycles. The Balaban J connectivity index is 4.08. The minimum atomic E-state index is -0.773. The van der Waals surface area contributed by atoms with Crippen molar-refractivity contribution in [1.29, 1.82) is 0 Å². The van der Waals surface area contributed by atoms with Gasteiger partial charge in [0.1, 0.15) is 0 Å². The Labute approximate surface area is 116 Å². The van der Waals surface area contributed by atoms with Gasteiger partial charge in [-0.2, -0.15) is 0 Å². The maximum absolute atomic E-state index is 11.8. The molecule has 0 fully saturated rings. The van der Waals surface area contributed by atoms with E-state index in [1.165, 1.54) is 0 Å². The average molecular weight is 272 g/mol. The number of hydrogen-bond acceptors (Lipinski definition) is 3. The molecule has 1 N–H and O–H groups in total. The summed E-state index contributed by atoms with van der Waals surface area (Å²) in [7, 11) is 0. The van der Waals surface area contributed by atoms with Gasteiger partial charge < -0.3 is 14.9 Å². The van der Waals surface area contributed by atoms with Crippen molar-refractivity contribution in [2.45, 2.75) is 53.0 Å². The van der Waals surface area contributed by atoms with E-state index in [1.54, 1.807) is 0 Å². The van der Waals surface area contributed by atoms with E-state index in [2.05, 4.69) is 4.90 Å². The molecule has 0 aliphatic rings. The molecule has 0 saturated carbocycles. The first-order chi connectivity index (χ1) is 8.96. The highest BCUT2D eigenvalue weighted by Crippen LogP contribution is 2.07. The summed E-state index contributed by atoms with van der Waals surface area (Å²) >= 11 is 0. The van der Waals surface area contributed by atoms with Crippen LogP contribution >= 0.6 is 0 Å². The summed E-state index contributed by atoms with van der Waals surface area (Å²) in [5, 5.41) is 8.79. The molecule has 5 nitrogen and oxygen atoms in total. The second-order valence-electron chi connectivity index (χ2n) is 4.75. The van der Waals surface area contributed by atoms with Crippen LogP contribution in [0.15, 0.2) is 0 Å². The number of carbonyl (C=O) groups excluding carboxylic acids is 1. The molecule has 0 aliphatic carbocycles. The first-order valence-corrected chi connectivity index (χ1v) is 7.19. The van der Waals surface area contributed by atoms with Gasteiger partial charge in [0.25, 0.3) is 0 Å². The Bertz CT molecular complexity index is 278. The third-order valence-electron chi connectivity index (χ3n) is 3.45. The van der Waals surface area contributed by atoms with Crippen LogP contribution in [0.2, 0.25) is 0 Å². The molecule has 1 atom stereocenters. The summed E-state index contributed by atoms with van der Waals surface area (Å²) in [4.78, 5) is 26.5. The van der Waals surface area contributed by atoms with E-state index < -0.39 is 5.97 Å². The van der Waals surface area contributed by atoms with E-state index >= 15 is 0 Å². The molecule has 0 rings (SSSR count). The van der Waals surface area contributed by atoms with E-state index in [0.717, 1.165) is 32.6 Å². The van der Waals surface area contributed by atoms with Crippen molar-refractivity contribution in [3.63, 3.8) is 0 Å². The molecule has 112 valence electrons.